The third-order valence-electron chi connectivity index (χ3n) is 3.87. The van der Waals surface area contributed by atoms with Crippen molar-refractivity contribution in [3.05, 3.63) is 28.2 Å². The average Bonchev–Trinajstić information content (AvgIpc) is 2.45. The maximum absolute atomic E-state index is 5.89. The zero-order chi connectivity index (χ0) is 14.5. The molecule has 0 bridgehead atoms. The molecule has 0 spiro atoms. The van der Waals surface area contributed by atoms with Crippen molar-refractivity contribution in [1.29, 1.82) is 0 Å². The van der Waals surface area contributed by atoms with E-state index in [4.69, 9.17) is 5.73 Å². The minimum Gasteiger partial charge on any atom is -0.369 e. The first kappa shape index (κ1) is 15.8. The normalized spacial score (nSPS) is 16.9. The molecular weight excluding hydrogens is 316 g/mol. The van der Waals surface area contributed by atoms with Gasteiger partial charge in [-0.25, -0.2) is 0 Å². The van der Waals surface area contributed by atoms with Crippen LogP contribution in [0.3, 0.4) is 0 Å². The number of halogens is 1. The first-order chi connectivity index (χ1) is 9.61. The van der Waals surface area contributed by atoms with Gasteiger partial charge in [0.1, 0.15) is 0 Å². The van der Waals surface area contributed by atoms with Crippen LogP contribution in [0.5, 0.6) is 0 Å². The van der Waals surface area contributed by atoms with Gasteiger partial charge in [-0.1, -0.05) is 22.0 Å². The zero-order valence-electron chi connectivity index (χ0n) is 12.5. The largest absolute Gasteiger partial charge is 0.369 e. The molecule has 0 aromatic heterocycles. The van der Waals surface area contributed by atoms with E-state index in [0.29, 0.717) is 6.54 Å². The van der Waals surface area contributed by atoms with Crippen LogP contribution in [0.4, 0.5) is 5.69 Å². The quantitative estimate of drug-likeness (QED) is 0.882. The van der Waals surface area contributed by atoms with Gasteiger partial charge in [0.05, 0.1) is 0 Å². The molecule has 1 fully saturated rings. The number of benzene rings is 1. The number of piperazine rings is 1. The van der Waals surface area contributed by atoms with Crippen molar-refractivity contribution in [2.24, 2.45) is 5.73 Å². The SMILES string of the molecule is CN(C)CCN1CCN(c2cccc(Br)c2CN)CC1. The minimum atomic E-state index is 0.581. The highest BCUT2D eigenvalue weighted by Gasteiger charge is 2.19. The zero-order valence-corrected chi connectivity index (χ0v) is 14.1. The first-order valence-electron chi connectivity index (χ1n) is 7.21. The van der Waals surface area contributed by atoms with Gasteiger partial charge >= 0.3 is 0 Å². The van der Waals surface area contributed by atoms with Gasteiger partial charge in [-0.05, 0) is 26.2 Å². The summed E-state index contributed by atoms with van der Waals surface area (Å²) in [5.74, 6) is 0. The van der Waals surface area contributed by atoms with Gasteiger partial charge in [0, 0.05) is 61.5 Å². The van der Waals surface area contributed by atoms with Crippen molar-refractivity contribution < 1.29 is 0 Å². The predicted octanol–water partition coefficient (Wildman–Crippen LogP) is 1.59. The molecule has 2 rings (SSSR count). The second kappa shape index (κ2) is 7.41. The van der Waals surface area contributed by atoms with Crippen LogP contribution in [0.15, 0.2) is 22.7 Å². The number of likely N-dealkylation sites (N-methyl/N-ethyl adjacent to an activating group) is 1. The molecular formula is C15H25BrN4. The number of nitrogens with zero attached hydrogens (tertiary/aromatic N) is 3. The summed E-state index contributed by atoms with van der Waals surface area (Å²) in [6, 6.07) is 6.35. The lowest BCUT2D eigenvalue weighted by Gasteiger charge is -2.37. The van der Waals surface area contributed by atoms with E-state index < -0.39 is 0 Å². The van der Waals surface area contributed by atoms with Crippen molar-refractivity contribution in [3.63, 3.8) is 0 Å². The van der Waals surface area contributed by atoms with Crippen molar-refractivity contribution in [3.8, 4) is 0 Å². The van der Waals surface area contributed by atoms with Gasteiger partial charge in [0.25, 0.3) is 0 Å². The molecule has 4 nitrogen and oxygen atoms in total. The number of rotatable bonds is 5. The Morgan fingerprint density at radius 1 is 1.20 bits per heavy atom. The van der Waals surface area contributed by atoms with Crippen LogP contribution in [0, 0.1) is 0 Å². The third-order valence-corrected chi connectivity index (χ3v) is 4.62. The van der Waals surface area contributed by atoms with Gasteiger partial charge < -0.3 is 15.5 Å². The van der Waals surface area contributed by atoms with Crippen LogP contribution in [-0.4, -0.2) is 63.2 Å². The highest BCUT2D eigenvalue weighted by atomic mass is 79.9. The Morgan fingerprint density at radius 3 is 2.50 bits per heavy atom. The second-order valence-corrected chi connectivity index (χ2v) is 6.43. The van der Waals surface area contributed by atoms with E-state index in [9.17, 15) is 0 Å². The lowest BCUT2D eigenvalue weighted by atomic mass is 10.1. The van der Waals surface area contributed by atoms with Gasteiger partial charge in [-0.2, -0.15) is 0 Å². The Hall–Kier alpha value is -0.620. The van der Waals surface area contributed by atoms with Gasteiger partial charge in [0.2, 0.25) is 0 Å². The maximum Gasteiger partial charge on any atom is 0.0424 e. The smallest absolute Gasteiger partial charge is 0.0424 e. The summed E-state index contributed by atoms with van der Waals surface area (Å²) in [5, 5.41) is 0. The molecule has 5 heteroatoms. The summed E-state index contributed by atoms with van der Waals surface area (Å²) >= 11 is 3.60. The first-order valence-corrected chi connectivity index (χ1v) is 8.00. The Kier molecular flexibility index (Phi) is 5.84. The van der Waals surface area contributed by atoms with E-state index in [0.717, 1.165) is 43.7 Å². The second-order valence-electron chi connectivity index (χ2n) is 5.57. The Labute approximate surface area is 130 Å². The fourth-order valence-electron chi connectivity index (χ4n) is 2.60. The molecule has 1 heterocycles. The van der Waals surface area contributed by atoms with E-state index in [2.05, 4.69) is 62.9 Å². The fraction of sp³-hybridized carbons (Fsp3) is 0.600. The van der Waals surface area contributed by atoms with E-state index >= 15 is 0 Å². The van der Waals surface area contributed by atoms with Crippen LogP contribution in [0.25, 0.3) is 0 Å². The van der Waals surface area contributed by atoms with Gasteiger partial charge in [0.15, 0.2) is 0 Å². The molecule has 112 valence electrons. The summed E-state index contributed by atoms with van der Waals surface area (Å²) in [7, 11) is 4.26. The Morgan fingerprint density at radius 2 is 1.90 bits per heavy atom. The molecule has 0 amide bonds. The summed E-state index contributed by atoms with van der Waals surface area (Å²) in [6.45, 7) is 7.29. The van der Waals surface area contributed by atoms with Crippen molar-refractivity contribution in [2.75, 3.05) is 58.3 Å². The van der Waals surface area contributed by atoms with E-state index in [1.54, 1.807) is 0 Å². The molecule has 1 aromatic carbocycles. The maximum atomic E-state index is 5.89. The van der Waals surface area contributed by atoms with E-state index in [-0.39, 0.29) is 0 Å². The van der Waals surface area contributed by atoms with Crippen LogP contribution < -0.4 is 10.6 Å². The number of anilines is 1. The van der Waals surface area contributed by atoms with Crippen molar-refractivity contribution in [2.45, 2.75) is 6.54 Å². The fourth-order valence-corrected chi connectivity index (χ4v) is 3.12. The molecule has 0 atom stereocenters. The molecule has 20 heavy (non-hydrogen) atoms. The lowest BCUT2D eigenvalue weighted by molar-refractivity contribution is 0.229. The van der Waals surface area contributed by atoms with Crippen LogP contribution in [0.2, 0.25) is 0 Å². The Bertz CT molecular complexity index is 428. The number of hydrogen-bond acceptors (Lipinski definition) is 4. The van der Waals surface area contributed by atoms with Gasteiger partial charge in [-0.15, -0.1) is 0 Å². The molecule has 2 N–H and O–H groups in total. The predicted molar refractivity (Wildman–Crippen MR) is 89.2 cm³/mol. The number of hydrogen-bond donors (Lipinski definition) is 1. The molecule has 1 aliphatic rings. The third kappa shape index (κ3) is 3.95. The summed E-state index contributed by atoms with van der Waals surface area (Å²) in [4.78, 5) is 7.24. The van der Waals surface area contributed by atoms with Crippen molar-refractivity contribution in [1.82, 2.24) is 9.80 Å². The Balaban J connectivity index is 1.95. The summed E-state index contributed by atoms with van der Waals surface area (Å²) in [6.07, 6.45) is 0. The number of nitrogens with two attached hydrogens (primary N) is 1. The molecule has 0 unspecified atom stereocenters. The molecule has 0 radical (unpaired) electrons. The highest BCUT2D eigenvalue weighted by molar-refractivity contribution is 9.10. The monoisotopic (exact) mass is 340 g/mol. The summed E-state index contributed by atoms with van der Waals surface area (Å²) in [5.41, 5.74) is 8.40. The molecule has 0 aliphatic carbocycles. The van der Waals surface area contributed by atoms with Gasteiger partial charge in [-0.3, -0.25) is 4.90 Å². The molecule has 0 saturated carbocycles. The average molecular weight is 341 g/mol. The lowest BCUT2D eigenvalue weighted by Crippen LogP contribution is -2.48. The van der Waals surface area contributed by atoms with Crippen LogP contribution >= 0.6 is 15.9 Å². The topological polar surface area (TPSA) is 35.7 Å². The summed E-state index contributed by atoms with van der Waals surface area (Å²) < 4.78 is 1.12. The van der Waals surface area contributed by atoms with Crippen molar-refractivity contribution >= 4 is 21.6 Å². The van der Waals surface area contributed by atoms with Crippen LogP contribution in [-0.2, 0) is 6.54 Å². The standard InChI is InChI=1S/C15H25BrN4/c1-18(2)6-7-19-8-10-20(11-9-19)15-5-3-4-14(16)13(15)12-17/h3-5H,6-12,17H2,1-2H3. The van der Waals surface area contributed by atoms with E-state index in [1.165, 1.54) is 11.3 Å². The van der Waals surface area contributed by atoms with E-state index in [1.807, 2.05) is 0 Å². The minimum absolute atomic E-state index is 0.581. The molecule has 1 saturated heterocycles. The van der Waals surface area contributed by atoms with Crippen LogP contribution in [0.1, 0.15) is 5.56 Å². The molecule has 1 aliphatic heterocycles. The molecule has 1 aromatic rings. The highest BCUT2D eigenvalue weighted by Crippen LogP contribution is 2.28.